The molecule has 94 valence electrons. The molecule has 0 fully saturated rings. The Bertz CT molecular complexity index is 214. The smallest absolute Gasteiger partial charge is 0.332 e. The Morgan fingerprint density at radius 2 is 1.75 bits per heavy atom. The average molecular weight is 232 g/mol. The van der Waals surface area contributed by atoms with E-state index in [9.17, 15) is 9.59 Å². The van der Waals surface area contributed by atoms with E-state index in [1.165, 1.54) is 0 Å². The van der Waals surface area contributed by atoms with Crippen LogP contribution in [0.1, 0.15) is 33.6 Å². The van der Waals surface area contributed by atoms with Crippen LogP contribution in [0.5, 0.6) is 0 Å². The molecule has 0 saturated heterocycles. The lowest BCUT2D eigenvalue weighted by Crippen LogP contribution is -2.21. The first-order valence-corrected chi connectivity index (χ1v) is 5.53. The first-order chi connectivity index (χ1) is 7.60. The normalized spacial score (nSPS) is 11.9. The monoisotopic (exact) mass is 232 g/mol. The zero-order valence-electron chi connectivity index (χ0n) is 10.2. The van der Waals surface area contributed by atoms with Crippen LogP contribution in [0, 0.1) is 0 Å². The molecule has 0 saturated carbocycles. The highest BCUT2D eigenvalue weighted by molar-refractivity contribution is 5.73. The molecule has 0 rings (SSSR count). The van der Waals surface area contributed by atoms with E-state index in [1.54, 1.807) is 6.92 Å². The molecule has 0 aromatic rings. The van der Waals surface area contributed by atoms with Gasteiger partial charge >= 0.3 is 11.9 Å². The number of carbonyl (C=O) groups excluding carboxylic acids is 2. The number of esters is 2. The molecule has 0 aromatic heterocycles. The van der Waals surface area contributed by atoms with Gasteiger partial charge in [-0.1, -0.05) is 13.3 Å². The topological polar surface area (TPSA) is 61.8 Å². The maximum atomic E-state index is 11.2. The van der Waals surface area contributed by atoms with Gasteiger partial charge < -0.3 is 14.2 Å². The summed E-state index contributed by atoms with van der Waals surface area (Å²) in [5, 5.41) is 0. The van der Waals surface area contributed by atoms with Crippen molar-refractivity contribution >= 4 is 11.9 Å². The Hall–Kier alpha value is -1.10. The zero-order chi connectivity index (χ0) is 12.4. The third kappa shape index (κ3) is 8.23. The summed E-state index contributed by atoms with van der Waals surface area (Å²) in [5.74, 6) is -0.929. The van der Waals surface area contributed by atoms with E-state index in [-0.39, 0.29) is 19.3 Å². The van der Waals surface area contributed by atoms with Gasteiger partial charge in [-0.05, 0) is 20.3 Å². The second kappa shape index (κ2) is 9.15. The van der Waals surface area contributed by atoms with Gasteiger partial charge in [-0.25, -0.2) is 9.59 Å². The largest absolute Gasteiger partial charge is 0.464 e. The van der Waals surface area contributed by atoms with Gasteiger partial charge in [-0.2, -0.15) is 0 Å². The van der Waals surface area contributed by atoms with Gasteiger partial charge in [0.2, 0.25) is 0 Å². The molecule has 0 radical (unpaired) electrons. The molecule has 0 aliphatic rings. The average Bonchev–Trinajstić information content (AvgIpc) is 2.18. The van der Waals surface area contributed by atoms with Crippen molar-refractivity contribution in [3.05, 3.63) is 0 Å². The fourth-order valence-corrected chi connectivity index (χ4v) is 1.14. The molecule has 0 amide bonds. The van der Waals surface area contributed by atoms with Crippen LogP contribution in [0.15, 0.2) is 0 Å². The van der Waals surface area contributed by atoms with E-state index in [0.29, 0.717) is 6.61 Å². The van der Waals surface area contributed by atoms with Gasteiger partial charge in [0.15, 0.2) is 0 Å². The summed E-state index contributed by atoms with van der Waals surface area (Å²) in [6.45, 7) is 5.42. The third-order valence-electron chi connectivity index (χ3n) is 1.77. The molecule has 5 heteroatoms. The summed E-state index contributed by atoms with van der Waals surface area (Å²) in [7, 11) is 0. The maximum absolute atomic E-state index is 11.2. The van der Waals surface area contributed by atoms with E-state index in [2.05, 4.69) is 4.74 Å². The second-order valence-corrected chi connectivity index (χ2v) is 3.39. The summed E-state index contributed by atoms with van der Waals surface area (Å²) in [4.78, 5) is 22.0. The first-order valence-electron chi connectivity index (χ1n) is 5.53. The predicted molar refractivity (Wildman–Crippen MR) is 57.9 cm³/mol. The minimum atomic E-state index is -0.475. The van der Waals surface area contributed by atoms with E-state index in [0.717, 1.165) is 12.8 Å². The molecule has 0 aliphatic carbocycles. The fourth-order valence-electron chi connectivity index (χ4n) is 1.14. The van der Waals surface area contributed by atoms with Gasteiger partial charge in [-0.15, -0.1) is 0 Å². The molecule has 0 aromatic carbocycles. The molecule has 0 spiro atoms. The standard InChI is InChI=1S/C11H20O5/c1-4-6-9(3)16-11(13)8-14-7-10(12)15-5-2/h9H,4-8H2,1-3H3. The molecule has 1 atom stereocenters. The number of carbonyl (C=O) groups is 2. The Kier molecular flexibility index (Phi) is 8.52. The molecule has 1 unspecified atom stereocenters. The van der Waals surface area contributed by atoms with Crippen molar-refractivity contribution in [3.8, 4) is 0 Å². The molecule has 0 heterocycles. The van der Waals surface area contributed by atoms with Crippen LogP contribution in [0.2, 0.25) is 0 Å². The fraction of sp³-hybridized carbons (Fsp3) is 0.818. The van der Waals surface area contributed by atoms with Gasteiger partial charge in [0.25, 0.3) is 0 Å². The van der Waals surface area contributed by atoms with Gasteiger partial charge in [-0.3, -0.25) is 0 Å². The van der Waals surface area contributed by atoms with Crippen LogP contribution < -0.4 is 0 Å². The quantitative estimate of drug-likeness (QED) is 0.590. The zero-order valence-corrected chi connectivity index (χ0v) is 10.2. The van der Waals surface area contributed by atoms with Crippen LogP contribution in [0.3, 0.4) is 0 Å². The Morgan fingerprint density at radius 1 is 1.12 bits per heavy atom. The third-order valence-corrected chi connectivity index (χ3v) is 1.77. The van der Waals surface area contributed by atoms with E-state index < -0.39 is 11.9 Å². The molecule has 5 nitrogen and oxygen atoms in total. The van der Waals surface area contributed by atoms with Crippen LogP contribution >= 0.6 is 0 Å². The van der Waals surface area contributed by atoms with E-state index in [4.69, 9.17) is 9.47 Å². The Morgan fingerprint density at radius 3 is 2.31 bits per heavy atom. The van der Waals surface area contributed by atoms with Gasteiger partial charge in [0.05, 0.1) is 12.7 Å². The van der Waals surface area contributed by atoms with Crippen LogP contribution in [0.4, 0.5) is 0 Å². The summed E-state index contributed by atoms with van der Waals surface area (Å²) in [5.41, 5.74) is 0. The molecule has 0 N–H and O–H groups in total. The van der Waals surface area contributed by atoms with Crippen molar-refractivity contribution in [1.29, 1.82) is 0 Å². The van der Waals surface area contributed by atoms with Gasteiger partial charge in [0.1, 0.15) is 13.2 Å². The summed E-state index contributed by atoms with van der Waals surface area (Å²) in [6, 6.07) is 0. The lowest BCUT2D eigenvalue weighted by Gasteiger charge is -2.11. The van der Waals surface area contributed by atoms with Crippen molar-refractivity contribution in [2.24, 2.45) is 0 Å². The van der Waals surface area contributed by atoms with Crippen molar-refractivity contribution in [2.45, 2.75) is 39.7 Å². The number of ether oxygens (including phenoxy) is 3. The molecular formula is C11H20O5. The van der Waals surface area contributed by atoms with Crippen molar-refractivity contribution in [3.63, 3.8) is 0 Å². The predicted octanol–water partition coefficient (Wildman–Crippen LogP) is 1.30. The van der Waals surface area contributed by atoms with Crippen LogP contribution in [0.25, 0.3) is 0 Å². The summed E-state index contributed by atoms with van der Waals surface area (Å²) < 4.78 is 14.5. The SMILES string of the molecule is CCCC(C)OC(=O)COCC(=O)OCC. The molecule has 0 bridgehead atoms. The second-order valence-electron chi connectivity index (χ2n) is 3.39. The highest BCUT2D eigenvalue weighted by atomic mass is 16.6. The number of hydrogen-bond donors (Lipinski definition) is 0. The Balaban J connectivity index is 3.54. The lowest BCUT2D eigenvalue weighted by atomic mass is 10.2. The summed E-state index contributed by atoms with van der Waals surface area (Å²) >= 11 is 0. The number of rotatable bonds is 8. The summed E-state index contributed by atoms with van der Waals surface area (Å²) in [6.07, 6.45) is 1.67. The first kappa shape index (κ1) is 14.9. The van der Waals surface area contributed by atoms with Crippen molar-refractivity contribution < 1.29 is 23.8 Å². The highest BCUT2D eigenvalue weighted by Crippen LogP contribution is 2.00. The van der Waals surface area contributed by atoms with E-state index in [1.807, 2.05) is 13.8 Å². The molecule has 16 heavy (non-hydrogen) atoms. The Labute approximate surface area is 96.1 Å². The molecule has 0 aliphatic heterocycles. The lowest BCUT2D eigenvalue weighted by molar-refractivity contribution is -0.158. The van der Waals surface area contributed by atoms with Gasteiger partial charge in [0, 0.05) is 0 Å². The maximum Gasteiger partial charge on any atom is 0.332 e. The van der Waals surface area contributed by atoms with Crippen LogP contribution in [-0.2, 0) is 23.8 Å². The van der Waals surface area contributed by atoms with Crippen molar-refractivity contribution in [1.82, 2.24) is 0 Å². The van der Waals surface area contributed by atoms with Crippen LogP contribution in [-0.4, -0.2) is 37.9 Å². The minimum Gasteiger partial charge on any atom is -0.464 e. The van der Waals surface area contributed by atoms with E-state index >= 15 is 0 Å². The van der Waals surface area contributed by atoms with Crippen molar-refractivity contribution in [2.75, 3.05) is 19.8 Å². The molecular weight excluding hydrogens is 212 g/mol. The highest BCUT2D eigenvalue weighted by Gasteiger charge is 2.10. The minimum absolute atomic E-state index is 0.108. The number of hydrogen-bond acceptors (Lipinski definition) is 5.